The Kier molecular flexibility index (Phi) is 14.4. The predicted molar refractivity (Wildman–Crippen MR) is 221 cm³/mol. The number of fused-ring (bicyclic) bond motifs is 2. The van der Waals surface area contributed by atoms with Crippen LogP contribution in [0.2, 0.25) is 0 Å². The van der Waals surface area contributed by atoms with Crippen LogP contribution >= 0.6 is 15.6 Å². The number of nitrogens with one attached hydrogen (secondary N) is 2. The molecule has 0 radical (unpaired) electrons. The maximum atomic E-state index is 13.7. The maximum Gasteiger partial charge on any atom is 0.481 e. The van der Waals surface area contributed by atoms with Crippen LogP contribution in [0.1, 0.15) is 48.0 Å². The number of rotatable bonds is 18. The van der Waals surface area contributed by atoms with Crippen LogP contribution in [-0.2, 0) is 32.0 Å². The SMILES string of the molecule is CCN=c1cc2oc3cc(NCC)c(C)cc3c(-c3ccccc3C(=O)NCCOCCOP(=O)(O)OP(=O)(O)OC[C@H]3O[C@@H](n4ccc(N)nc4=O)C[C@@H]3O)c-2cc1C. The van der Waals surface area contributed by atoms with Gasteiger partial charge in [-0.05, 0) is 68.7 Å². The number of nitrogens with two attached hydrogens (primary N) is 1. The first-order valence-corrected chi connectivity index (χ1v) is 22.1. The molecule has 2 aromatic carbocycles. The van der Waals surface area contributed by atoms with Gasteiger partial charge in [-0.15, -0.1) is 0 Å². The van der Waals surface area contributed by atoms with E-state index in [1.807, 2.05) is 58.0 Å². The minimum atomic E-state index is -5.20. The van der Waals surface area contributed by atoms with Gasteiger partial charge in [0.1, 0.15) is 29.5 Å². The highest BCUT2D eigenvalue weighted by molar-refractivity contribution is 7.61. The van der Waals surface area contributed by atoms with Gasteiger partial charge in [0.25, 0.3) is 5.91 Å². The standard InChI is InChI=1S/C39H48N6O13P2/c1-5-41-29-19-32-27(17-23(29)3)37(28-18-24(4)30(42-6-2)20-33(28)56-32)25-9-7-8-10-26(25)38(47)43-12-14-53-15-16-54-59(49,50)58-60(51,52)55-22-34-31(46)21-36(57-34)45-13-11-35(40)44-39(45)48/h7-11,13,17-20,31,34,36,41,46H,5-6,12,14-16,21-22H2,1-4H3,(H,43,47)(H,49,50)(H,51,52)(H2,40,44,48)/t31-,34+,36+/m0/s1. The lowest BCUT2D eigenvalue weighted by Crippen LogP contribution is -2.28. The Hall–Kier alpha value is -4.78. The first-order valence-electron chi connectivity index (χ1n) is 19.2. The third-order valence-electron chi connectivity index (χ3n) is 9.51. The normalized spacial score (nSPS) is 19.1. The van der Waals surface area contributed by atoms with Crippen molar-refractivity contribution in [2.24, 2.45) is 4.99 Å². The van der Waals surface area contributed by atoms with Crippen LogP contribution in [0.15, 0.2) is 75.0 Å². The van der Waals surface area contributed by atoms with Crippen molar-refractivity contribution in [1.82, 2.24) is 14.9 Å². The Morgan fingerprint density at radius 2 is 1.78 bits per heavy atom. The molecule has 3 heterocycles. The number of aliphatic hydroxyl groups is 1. The Morgan fingerprint density at radius 1 is 1.02 bits per heavy atom. The predicted octanol–water partition coefficient (Wildman–Crippen LogP) is 4.66. The van der Waals surface area contributed by atoms with Crippen LogP contribution in [0, 0.1) is 13.8 Å². The van der Waals surface area contributed by atoms with E-state index in [0.717, 1.165) is 49.8 Å². The van der Waals surface area contributed by atoms with Gasteiger partial charge in [0.15, 0.2) is 0 Å². The van der Waals surface area contributed by atoms with Crippen molar-refractivity contribution >= 4 is 44.0 Å². The van der Waals surface area contributed by atoms with Crippen LogP contribution in [0.3, 0.4) is 0 Å². The van der Waals surface area contributed by atoms with Gasteiger partial charge in [-0.25, -0.2) is 13.9 Å². The van der Waals surface area contributed by atoms with E-state index in [0.29, 0.717) is 29.0 Å². The number of nitrogens with zero attached hydrogens (tertiary/aromatic N) is 3. The van der Waals surface area contributed by atoms with Gasteiger partial charge in [0.2, 0.25) is 0 Å². The summed E-state index contributed by atoms with van der Waals surface area (Å²) in [5.74, 6) is 0.251. The number of phosphoric acid groups is 2. The summed E-state index contributed by atoms with van der Waals surface area (Å²) in [7, 11) is -10.3. The van der Waals surface area contributed by atoms with Crippen molar-refractivity contribution in [3.63, 3.8) is 0 Å². The zero-order valence-electron chi connectivity index (χ0n) is 33.4. The van der Waals surface area contributed by atoms with Crippen molar-refractivity contribution in [1.29, 1.82) is 0 Å². The number of hydrogen-bond donors (Lipinski definition) is 6. The number of amides is 1. The smallest absolute Gasteiger partial charge is 0.456 e. The average Bonchev–Trinajstić information content (AvgIpc) is 3.56. The summed E-state index contributed by atoms with van der Waals surface area (Å²) in [5.41, 5.74) is 11.1. The lowest BCUT2D eigenvalue weighted by atomic mass is 9.89. The van der Waals surface area contributed by atoms with Crippen molar-refractivity contribution < 1.29 is 56.1 Å². The van der Waals surface area contributed by atoms with E-state index in [4.69, 9.17) is 28.7 Å². The lowest BCUT2D eigenvalue weighted by molar-refractivity contribution is -0.0451. The van der Waals surface area contributed by atoms with E-state index < -0.39 is 53.0 Å². The van der Waals surface area contributed by atoms with Gasteiger partial charge in [-0.2, -0.15) is 9.29 Å². The zero-order chi connectivity index (χ0) is 43.2. The van der Waals surface area contributed by atoms with E-state index in [2.05, 4.69) is 31.0 Å². The van der Waals surface area contributed by atoms with Crippen LogP contribution in [0.25, 0.3) is 33.4 Å². The molecule has 6 rings (SSSR count). The lowest BCUT2D eigenvalue weighted by Gasteiger charge is -2.20. The van der Waals surface area contributed by atoms with Crippen molar-refractivity contribution in [3.8, 4) is 22.5 Å². The summed E-state index contributed by atoms with van der Waals surface area (Å²) >= 11 is 0. The minimum Gasteiger partial charge on any atom is -0.456 e. The van der Waals surface area contributed by atoms with Crippen molar-refractivity contribution in [2.45, 2.75) is 52.6 Å². The van der Waals surface area contributed by atoms with Gasteiger partial charge in [-0.1, -0.05) is 18.2 Å². The monoisotopic (exact) mass is 870 g/mol. The molecular formula is C39H48N6O13P2. The number of ether oxygens (including phenoxy) is 2. The number of anilines is 2. The van der Waals surface area contributed by atoms with Gasteiger partial charge in [0.05, 0.1) is 37.9 Å². The number of aromatic nitrogens is 2. The topological polar surface area (TPSA) is 269 Å². The highest BCUT2D eigenvalue weighted by Gasteiger charge is 2.40. The second kappa shape index (κ2) is 19.3. The molecule has 5 atom stereocenters. The fourth-order valence-electron chi connectivity index (χ4n) is 6.77. The number of aliphatic hydroxyl groups excluding tert-OH is 1. The first kappa shape index (κ1) is 44.8. The van der Waals surface area contributed by atoms with Crippen LogP contribution in [0.5, 0.6) is 0 Å². The third-order valence-corrected chi connectivity index (χ3v) is 12.1. The van der Waals surface area contributed by atoms with Crippen LogP contribution in [-0.4, -0.2) is 88.6 Å². The maximum absolute atomic E-state index is 13.7. The molecule has 0 bridgehead atoms. The molecule has 21 heteroatoms. The number of carbonyl (C=O) groups excluding carboxylic acids is 1. The van der Waals surface area contributed by atoms with Gasteiger partial charge in [0, 0.05) is 72.1 Å². The van der Waals surface area contributed by atoms with Gasteiger partial charge >= 0.3 is 21.3 Å². The molecule has 0 saturated carbocycles. The number of aryl methyl sites for hydroxylation is 2. The highest BCUT2D eigenvalue weighted by atomic mass is 31.3. The number of nitrogen functional groups attached to an aromatic ring is 1. The summed E-state index contributed by atoms with van der Waals surface area (Å²) < 4.78 is 57.3. The Morgan fingerprint density at radius 3 is 2.53 bits per heavy atom. The molecule has 2 unspecified atom stereocenters. The highest BCUT2D eigenvalue weighted by Crippen LogP contribution is 2.60. The molecule has 2 aliphatic heterocycles. The molecule has 19 nitrogen and oxygen atoms in total. The third kappa shape index (κ3) is 10.7. The number of hydrogen-bond acceptors (Lipinski definition) is 15. The molecule has 1 aromatic heterocycles. The second-order valence-electron chi connectivity index (χ2n) is 13.8. The Balaban J connectivity index is 1.03. The minimum absolute atomic E-state index is 0.00982. The summed E-state index contributed by atoms with van der Waals surface area (Å²) in [6.07, 6.45) is -2.16. The summed E-state index contributed by atoms with van der Waals surface area (Å²) in [5, 5.41) is 18.2. The molecule has 1 aliphatic carbocycles. The molecular weight excluding hydrogens is 822 g/mol. The van der Waals surface area contributed by atoms with Gasteiger partial charge < -0.3 is 45.2 Å². The van der Waals surface area contributed by atoms with Crippen molar-refractivity contribution in [3.05, 3.63) is 93.3 Å². The molecule has 322 valence electrons. The largest absolute Gasteiger partial charge is 0.481 e. The molecule has 60 heavy (non-hydrogen) atoms. The number of carbonyl (C=O) groups is 1. The molecule has 1 saturated heterocycles. The molecule has 3 aliphatic rings. The van der Waals surface area contributed by atoms with E-state index >= 15 is 0 Å². The molecule has 1 fully saturated rings. The van der Waals surface area contributed by atoms with E-state index in [9.17, 15) is 33.6 Å². The zero-order valence-corrected chi connectivity index (χ0v) is 35.2. The van der Waals surface area contributed by atoms with Crippen LogP contribution < -0.4 is 27.4 Å². The van der Waals surface area contributed by atoms with E-state index in [-0.39, 0.29) is 37.9 Å². The van der Waals surface area contributed by atoms with Crippen LogP contribution in [0.4, 0.5) is 11.5 Å². The second-order valence-corrected chi connectivity index (χ2v) is 16.9. The molecule has 1 amide bonds. The number of phosphoric ester groups is 2. The summed E-state index contributed by atoms with van der Waals surface area (Å²) in [4.78, 5) is 54.1. The Bertz CT molecular complexity index is 2550. The van der Waals surface area contributed by atoms with Crippen molar-refractivity contribution in [2.75, 3.05) is 57.1 Å². The quantitative estimate of drug-likeness (QED) is 0.0397. The van der Waals surface area contributed by atoms with E-state index in [1.165, 1.54) is 12.3 Å². The molecule has 7 N–H and O–H groups in total. The van der Waals surface area contributed by atoms with E-state index in [1.54, 1.807) is 12.1 Å². The Labute approximate surface area is 344 Å². The van der Waals surface area contributed by atoms with Gasteiger partial charge in [-0.3, -0.25) is 23.4 Å². The average molecular weight is 871 g/mol. The first-order chi connectivity index (χ1) is 28.6. The fourth-order valence-corrected chi connectivity index (χ4v) is 8.83. The summed E-state index contributed by atoms with van der Waals surface area (Å²) in [6.45, 7) is 7.89. The summed E-state index contributed by atoms with van der Waals surface area (Å²) in [6, 6.07) is 16.6. The fraction of sp³-hybridized carbons (Fsp3) is 0.385. The molecule has 0 spiro atoms. The molecule has 3 aromatic rings. The number of benzene rings is 3.